The summed E-state index contributed by atoms with van der Waals surface area (Å²) in [5, 5.41) is 0. The van der Waals surface area contributed by atoms with Crippen LogP contribution in [0.4, 0.5) is 8.78 Å². The van der Waals surface area contributed by atoms with Gasteiger partial charge in [-0.3, -0.25) is 4.79 Å². The first-order chi connectivity index (χ1) is 10.1. The van der Waals surface area contributed by atoms with Crippen molar-refractivity contribution in [3.8, 4) is 5.75 Å². The number of ketones is 1. The number of Topliss-reactive ketones (excluding diaryl/α,β-unsaturated/α-hetero) is 1. The molecule has 21 heavy (non-hydrogen) atoms. The van der Waals surface area contributed by atoms with Gasteiger partial charge in [0.15, 0.2) is 17.3 Å². The Bertz CT molecular complexity index is 627. The van der Waals surface area contributed by atoms with Crippen molar-refractivity contribution in [2.45, 2.75) is 12.8 Å². The molecule has 0 fully saturated rings. The quantitative estimate of drug-likeness (QED) is 0.551. The van der Waals surface area contributed by atoms with E-state index in [1.54, 1.807) is 24.3 Å². The van der Waals surface area contributed by atoms with Crippen LogP contribution >= 0.6 is 15.9 Å². The van der Waals surface area contributed by atoms with Crippen LogP contribution in [0, 0.1) is 11.6 Å². The Morgan fingerprint density at radius 1 is 1.10 bits per heavy atom. The van der Waals surface area contributed by atoms with E-state index >= 15 is 0 Å². The Morgan fingerprint density at radius 2 is 1.81 bits per heavy atom. The standard InChI is InChI=1S/C16H13BrF2O2/c17-12-5-3-11(4-6-12)15(20)2-1-9-21-16-10-13(18)7-8-14(16)19/h3-8,10H,1-2,9H2. The van der Waals surface area contributed by atoms with Crippen LogP contribution in [-0.4, -0.2) is 12.4 Å². The summed E-state index contributed by atoms with van der Waals surface area (Å²) in [5.74, 6) is -1.31. The fourth-order valence-corrected chi connectivity index (χ4v) is 2.05. The van der Waals surface area contributed by atoms with E-state index in [1.165, 1.54) is 0 Å². The highest BCUT2D eigenvalue weighted by Gasteiger charge is 2.07. The monoisotopic (exact) mass is 354 g/mol. The molecule has 0 heterocycles. The Morgan fingerprint density at radius 3 is 2.52 bits per heavy atom. The van der Waals surface area contributed by atoms with Crippen LogP contribution in [0.25, 0.3) is 0 Å². The molecule has 2 aromatic carbocycles. The molecule has 0 atom stereocenters. The second kappa shape index (κ2) is 7.31. The summed E-state index contributed by atoms with van der Waals surface area (Å²) in [4.78, 5) is 11.9. The molecule has 0 radical (unpaired) electrons. The van der Waals surface area contributed by atoms with Crippen LogP contribution in [0.3, 0.4) is 0 Å². The van der Waals surface area contributed by atoms with Gasteiger partial charge in [0.25, 0.3) is 0 Å². The van der Waals surface area contributed by atoms with Crippen molar-refractivity contribution in [1.29, 1.82) is 0 Å². The van der Waals surface area contributed by atoms with Crippen molar-refractivity contribution >= 4 is 21.7 Å². The molecule has 2 aromatic rings. The Hall–Kier alpha value is -1.75. The van der Waals surface area contributed by atoms with Crippen LogP contribution in [0.2, 0.25) is 0 Å². The molecular formula is C16H13BrF2O2. The second-order valence-corrected chi connectivity index (χ2v) is 5.37. The summed E-state index contributed by atoms with van der Waals surface area (Å²) in [6, 6.07) is 10.1. The fourth-order valence-electron chi connectivity index (χ4n) is 1.78. The van der Waals surface area contributed by atoms with E-state index in [2.05, 4.69) is 15.9 Å². The van der Waals surface area contributed by atoms with Crippen molar-refractivity contribution in [2.75, 3.05) is 6.61 Å². The van der Waals surface area contributed by atoms with Crippen molar-refractivity contribution in [2.24, 2.45) is 0 Å². The smallest absolute Gasteiger partial charge is 0.165 e. The van der Waals surface area contributed by atoms with Crippen LogP contribution in [0.15, 0.2) is 46.9 Å². The lowest BCUT2D eigenvalue weighted by Crippen LogP contribution is -2.04. The van der Waals surface area contributed by atoms with Crippen LogP contribution < -0.4 is 4.74 Å². The van der Waals surface area contributed by atoms with Crippen LogP contribution in [0.1, 0.15) is 23.2 Å². The number of rotatable bonds is 6. The lowest BCUT2D eigenvalue weighted by molar-refractivity contribution is 0.0973. The zero-order valence-corrected chi connectivity index (χ0v) is 12.7. The average Bonchev–Trinajstić information content (AvgIpc) is 2.47. The van der Waals surface area contributed by atoms with Crippen molar-refractivity contribution in [3.63, 3.8) is 0 Å². The SMILES string of the molecule is O=C(CCCOc1cc(F)ccc1F)c1ccc(Br)cc1. The van der Waals surface area contributed by atoms with E-state index in [-0.39, 0.29) is 18.1 Å². The van der Waals surface area contributed by atoms with Crippen molar-refractivity contribution < 1.29 is 18.3 Å². The number of ether oxygens (including phenoxy) is 1. The molecule has 0 saturated carbocycles. The van der Waals surface area contributed by atoms with E-state index in [0.717, 1.165) is 22.7 Å². The van der Waals surface area contributed by atoms with Gasteiger partial charge in [0.05, 0.1) is 6.61 Å². The molecule has 2 nitrogen and oxygen atoms in total. The molecule has 0 bridgehead atoms. The highest BCUT2D eigenvalue weighted by Crippen LogP contribution is 2.18. The van der Waals surface area contributed by atoms with Gasteiger partial charge in [-0.25, -0.2) is 8.78 Å². The summed E-state index contributed by atoms with van der Waals surface area (Å²) >= 11 is 3.30. The summed E-state index contributed by atoms with van der Waals surface area (Å²) in [5.41, 5.74) is 0.620. The van der Waals surface area contributed by atoms with Gasteiger partial charge in [0.1, 0.15) is 5.82 Å². The maximum Gasteiger partial charge on any atom is 0.165 e. The van der Waals surface area contributed by atoms with Gasteiger partial charge in [-0.15, -0.1) is 0 Å². The third-order valence-electron chi connectivity index (χ3n) is 2.87. The summed E-state index contributed by atoms with van der Waals surface area (Å²) < 4.78 is 32.3. The van der Waals surface area contributed by atoms with Crippen LogP contribution in [0.5, 0.6) is 5.75 Å². The highest BCUT2D eigenvalue weighted by molar-refractivity contribution is 9.10. The molecular weight excluding hydrogens is 342 g/mol. The molecule has 110 valence electrons. The first-order valence-electron chi connectivity index (χ1n) is 6.43. The Balaban J connectivity index is 1.80. The van der Waals surface area contributed by atoms with E-state index in [9.17, 15) is 13.6 Å². The third-order valence-corrected chi connectivity index (χ3v) is 3.39. The maximum atomic E-state index is 13.3. The average molecular weight is 355 g/mol. The fraction of sp³-hybridized carbons (Fsp3) is 0.188. The molecule has 0 aromatic heterocycles. The van der Waals surface area contributed by atoms with Gasteiger partial charge in [0, 0.05) is 22.5 Å². The van der Waals surface area contributed by atoms with Gasteiger partial charge < -0.3 is 4.74 Å². The zero-order chi connectivity index (χ0) is 15.2. The minimum Gasteiger partial charge on any atom is -0.490 e. The minimum atomic E-state index is -0.615. The first-order valence-corrected chi connectivity index (χ1v) is 7.22. The lowest BCUT2D eigenvalue weighted by atomic mass is 10.1. The third kappa shape index (κ3) is 4.63. The van der Waals surface area contributed by atoms with Crippen molar-refractivity contribution in [1.82, 2.24) is 0 Å². The lowest BCUT2D eigenvalue weighted by Gasteiger charge is -2.07. The molecule has 0 saturated heterocycles. The highest BCUT2D eigenvalue weighted by atomic mass is 79.9. The summed E-state index contributed by atoms with van der Waals surface area (Å²) in [6.07, 6.45) is 0.726. The maximum absolute atomic E-state index is 13.3. The number of carbonyl (C=O) groups is 1. The van der Waals surface area contributed by atoms with Gasteiger partial charge in [0.2, 0.25) is 0 Å². The molecule has 0 aliphatic heterocycles. The molecule has 0 spiro atoms. The van der Waals surface area contributed by atoms with Gasteiger partial charge in [-0.2, -0.15) is 0 Å². The largest absolute Gasteiger partial charge is 0.490 e. The van der Waals surface area contributed by atoms with Gasteiger partial charge >= 0.3 is 0 Å². The minimum absolute atomic E-state index is 0.00851. The first kappa shape index (κ1) is 15.6. The molecule has 2 rings (SSSR count). The number of hydrogen-bond donors (Lipinski definition) is 0. The number of benzene rings is 2. The van der Waals surface area contributed by atoms with Gasteiger partial charge in [-0.05, 0) is 30.7 Å². The molecule has 5 heteroatoms. The Labute approximate surface area is 129 Å². The normalized spacial score (nSPS) is 10.4. The number of halogens is 3. The molecule has 0 aliphatic rings. The van der Waals surface area contributed by atoms with E-state index in [1.807, 2.05) is 0 Å². The number of carbonyl (C=O) groups excluding carboxylic acids is 1. The molecule has 0 amide bonds. The van der Waals surface area contributed by atoms with E-state index < -0.39 is 11.6 Å². The van der Waals surface area contributed by atoms with E-state index in [0.29, 0.717) is 18.4 Å². The van der Waals surface area contributed by atoms with Gasteiger partial charge in [-0.1, -0.05) is 28.1 Å². The topological polar surface area (TPSA) is 26.3 Å². The number of hydrogen-bond acceptors (Lipinski definition) is 2. The van der Waals surface area contributed by atoms with E-state index in [4.69, 9.17) is 4.74 Å². The summed E-state index contributed by atoms with van der Waals surface area (Å²) in [7, 11) is 0. The predicted octanol–water partition coefficient (Wildman–Crippen LogP) is 4.77. The molecule has 0 N–H and O–H groups in total. The van der Waals surface area contributed by atoms with Crippen LogP contribution in [-0.2, 0) is 0 Å². The second-order valence-electron chi connectivity index (χ2n) is 4.46. The predicted molar refractivity (Wildman–Crippen MR) is 79.6 cm³/mol. The summed E-state index contributed by atoms with van der Waals surface area (Å²) in [6.45, 7) is 0.155. The Kier molecular flexibility index (Phi) is 5.44. The van der Waals surface area contributed by atoms with Crippen molar-refractivity contribution in [3.05, 3.63) is 64.1 Å². The molecule has 0 aliphatic carbocycles. The zero-order valence-electron chi connectivity index (χ0n) is 11.1. The molecule has 0 unspecified atom stereocenters.